The van der Waals surface area contributed by atoms with Gasteiger partial charge >= 0.3 is 6.18 Å². The van der Waals surface area contributed by atoms with E-state index in [9.17, 15) is 13.2 Å². The molecule has 0 radical (unpaired) electrons. The summed E-state index contributed by atoms with van der Waals surface area (Å²) in [5, 5.41) is 8.66. The third-order valence-electron chi connectivity index (χ3n) is 2.06. The van der Waals surface area contributed by atoms with Gasteiger partial charge in [0.25, 0.3) is 0 Å². The summed E-state index contributed by atoms with van der Waals surface area (Å²) in [7, 11) is 0. The maximum Gasteiger partial charge on any atom is 0.416 e. The van der Waals surface area contributed by atoms with Gasteiger partial charge < -0.3 is 5.11 Å². The van der Waals surface area contributed by atoms with Crippen LogP contribution in [0.3, 0.4) is 0 Å². The molecule has 14 heavy (non-hydrogen) atoms. The molecule has 0 fully saturated rings. The van der Waals surface area contributed by atoms with Crippen molar-refractivity contribution in [1.82, 2.24) is 0 Å². The van der Waals surface area contributed by atoms with Gasteiger partial charge in [-0.15, -0.1) is 0 Å². The van der Waals surface area contributed by atoms with Gasteiger partial charge in [0.15, 0.2) is 0 Å². The van der Waals surface area contributed by atoms with E-state index in [-0.39, 0.29) is 13.0 Å². The van der Waals surface area contributed by atoms with Crippen molar-refractivity contribution in [3.8, 4) is 0 Å². The van der Waals surface area contributed by atoms with Crippen molar-refractivity contribution in [2.45, 2.75) is 19.5 Å². The lowest BCUT2D eigenvalue weighted by molar-refractivity contribution is -0.137. The van der Waals surface area contributed by atoms with E-state index in [1.807, 2.05) is 0 Å². The lowest BCUT2D eigenvalue weighted by atomic mass is 10.0. The molecule has 0 saturated heterocycles. The normalized spacial score (nSPS) is 11.8. The van der Waals surface area contributed by atoms with E-state index >= 15 is 0 Å². The van der Waals surface area contributed by atoms with E-state index in [1.54, 1.807) is 6.92 Å². The quantitative estimate of drug-likeness (QED) is 0.784. The molecule has 0 bridgehead atoms. The first-order valence-corrected chi connectivity index (χ1v) is 4.22. The summed E-state index contributed by atoms with van der Waals surface area (Å²) in [4.78, 5) is 0. The smallest absolute Gasteiger partial charge is 0.396 e. The number of hydrogen-bond donors (Lipinski definition) is 1. The number of aryl methyl sites for hydroxylation is 1. The van der Waals surface area contributed by atoms with Crippen LogP contribution in [0, 0.1) is 6.92 Å². The topological polar surface area (TPSA) is 20.2 Å². The molecule has 4 heteroatoms. The lowest BCUT2D eigenvalue weighted by Gasteiger charge is -2.10. The average molecular weight is 204 g/mol. The van der Waals surface area contributed by atoms with E-state index < -0.39 is 11.7 Å². The second-order valence-corrected chi connectivity index (χ2v) is 3.11. The molecule has 1 rings (SSSR count). The van der Waals surface area contributed by atoms with E-state index in [0.29, 0.717) is 5.56 Å². The van der Waals surface area contributed by atoms with Gasteiger partial charge in [0.2, 0.25) is 0 Å². The average Bonchev–Trinajstić information content (AvgIpc) is 2.07. The highest BCUT2D eigenvalue weighted by atomic mass is 19.4. The molecule has 0 amide bonds. The summed E-state index contributed by atoms with van der Waals surface area (Å²) in [5.41, 5.74) is 0.654. The highest BCUT2D eigenvalue weighted by Crippen LogP contribution is 2.30. The summed E-state index contributed by atoms with van der Waals surface area (Å²) >= 11 is 0. The predicted molar refractivity (Wildman–Crippen MR) is 47.0 cm³/mol. The van der Waals surface area contributed by atoms with Crippen LogP contribution in [0.5, 0.6) is 0 Å². The number of alkyl halides is 3. The van der Waals surface area contributed by atoms with Crippen LogP contribution in [-0.4, -0.2) is 11.7 Å². The highest BCUT2D eigenvalue weighted by molar-refractivity contribution is 5.32. The Kier molecular flexibility index (Phi) is 3.16. The van der Waals surface area contributed by atoms with Crippen molar-refractivity contribution in [2.24, 2.45) is 0 Å². The molecule has 78 valence electrons. The van der Waals surface area contributed by atoms with Crippen LogP contribution >= 0.6 is 0 Å². The predicted octanol–water partition coefficient (Wildman–Crippen LogP) is 2.55. The van der Waals surface area contributed by atoms with Gasteiger partial charge in [0, 0.05) is 6.61 Å². The van der Waals surface area contributed by atoms with E-state index in [2.05, 4.69) is 0 Å². The van der Waals surface area contributed by atoms with Gasteiger partial charge in [-0.3, -0.25) is 0 Å². The molecule has 0 heterocycles. The van der Waals surface area contributed by atoms with Crippen molar-refractivity contribution in [3.63, 3.8) is 0 Å². The first kappa shape index (κ1) is 11.0. The minimum Gasteiger partial charge on any atom is -0.396 e. The van der Waals surface area contributed by atoms with Crippen molar-refractivity contribution in [2.75, 3.05) is 6.61 Å². The minimum absolute atomic E-state index is 0.137. The summed E-state index contributed by atoms with van der Waals surface area (Å²) in [5.74, 6) is 0. The zero-order valence-electron chi connectivity index (χ0n) is 7.73. The van der Waals surface area contributed by atoms with Crippen LogP contribution in [0.2, 0.25) is 0 Å². The molecule has 1 aromatic rings. The van der Waals surface area contributed by atoms with Crippen LogP contribution in [0.25, 0.3) is 0 Å². The third kappa shape index (κ3) is 2.48. The van der Waals surface area contributed by atoms with Gasteiger partial charge in [-0.25, -0.2) is 0 Å². The molecule has 1 aromatic carbocycles. The summed E-state index contributed by atoms with van der Waals surface area (Å²) in [6.45, 7) is 1.59. The lowest BCUT2D eigenvalue weighted by Crippen LogP contribution is -2.06. The van der Waals surface area contributed by atoms with E-state index in [4.69, 9.17) is 5.11 Å². The van der Waals surface area contributed by atoms with Crippen molar-refractivity contribution in [1.29, 1.82) is 0 Å². The zero-order chi connectivity index (χ0) is 10.8. The molecular weight excluding hydrogens is 193 g/mol. The Morgan fingerprint density at radius 3 is 2.43 bits per heavy atom. The minimum atomic E-state index is -4.31. The van der Waals surface area contributed by atoms with Crippen LogP contribution in [0.15, 0.2) is 18.2 Å². The summed E-state index contributed by atoms with van der Waals surface area (Å²) < 4.78 is 36.8. The largest absolute Gasteiger partial charge is 0.416 e. The fourth-order valence-electron chi connectivity index (χ4n) is 1.24. The van der Waals surface area contributed by atoms with Crippen LogP contribution < -0.4 is 0 Å². The van der Waals surface area contributed by atoms with E-state index in [1.165, 1.54) is 6.07 Å². The number of rotatable bonds is 2. The Morgan fingerprint density at radius 2 is 1.93 bits per heavy atom. The highest BCUT2D eigenvalue weighted by Gasteiger charge is 2.30. The number of aliphatic hydroxyl groups excluding tert-OH is 1. The number of halogens is 3. The molecule has 0 aliphatic rings. The van der Waals surface area contributed by atoms with Crippen LogP contribution in [-0.2, 0) is 12.6 Å². The molecule has 0 aliphatic heterocycles. The summed E-state index contributed by atoms with van der Waals surface area (Å²) in [6.07, 6.45) is -4.05. The molecular formula is C10H11F3O. The molecule has 0 unspecified atom stereocenters. The Labute approximate surface area is 80.2 Å². The van der Waals surface area contributed by atoms with E-state index in [0.717, 1.165) is 17.7 Å². The maximum absolute atomic E-state index is 12.3. The standard InChI is InChI=1S/C10H11F3O/c1-7-2-3-9(10(11,12)13)6-8(7)4-5-14/h2-3,6,14H,4-5H2,1H3. The van der Waals surface area contributed by atoms with Crippen molar-refractivity contribution < 1.29 is 18.3 Å². The van der Waals surface area contributed by atoms with Gasteiger partial charge in [0.05, 0.1) is 5.56 Å². The molecule has 0 spiro atoms. The Hall–Kier alpha value is -1.03. The molecule has 0 aliphatic carbocycles. The summed E-state index contributed by atoms with van der Waals surface area (Å²) in [6, 6.07) is 3.57. The fourth-order valence-corrected chi connectivity index (χ4v) is 1.24. The molecule has 1 N–H and O–H groups in total. The van der Waals surface area contributed by atoms with Gasteiger partial charge in [-0.1, -0.05) is 6.07 Å². The van der Waals surface area contributed by atoms with Gasteiger partial charge in [0.1, 0.15) is 0 Å². The monoisotopic (exact) mass is 204 g/mol. The second kappa shape index (κ2) is 4.00. The fraction of sp³-hybridized carbons (Fsp3) is 0.400. The molecule has 1 nitrogen and oxygen atoms in total. The zero-order valence-corrected chi connectivity index (χ0v) is 7.73. The second-order valence-electron chi connectivity index (χ2n) is 3.11. The van der Waals surface area contributed by atoms with Crippen LogP contribution in [0.4, 0.5) is 13.2 Å². The molecule has 0 saturated carbocycles. The Balaban J connectivity index is 3.06. The van der Waals surface area contributed by atoms with Crippen LogP contribution in [0.1, 0.15) is 16.7 Å². The number of aliphatic hydroxyl groups is 1. The third-order valence-corrected chi connectivity index (χ3v) is 2.06. The van der Waals surface area contributed by atoms with Gasteiger partial charge in [-0.2, -0.15) is 13.2 Å². The first-order chi connectivity index (χ1) is 6.45. The number of benzene rings is 1. The van der Waals surface area contributed by atoms with Crippen molar-refractivity contribution >= 4 is 0 Å². The number of hydrogen-bond acceptors (Lipinski definition) is 1. The first-order valence-electron chi connectivity index (χ1n) is 4.22. The SMILES string of the molecule is Cc1ccc(C(F)(F)F)cc1CCO. The molecule has 0 aromatic heterocycles. The molecule has 0 atom stereocenters. The van der Waals surface area contributed by atoms with Crippen molar-refractivity contribution in [3.05, 3.63) is 34.9 Å². The Bertz CT molecular complexity index is 318. The Morgan fingerprint density at radius 1 is 1.29 bits per heavy atom. The maximum atomic E-state index is 12.3. The van der Waals surface area contributed by atoms with Gasteiger partial charge in [-0.05, 0) is 36.6 Å².